The number of carbonyl (C=O) groups is 2. The van der Waals surface area contributed by atoms with Gasteiger partial charge in [-0.05, 0) is 48.4 Å². The summed E-state index contributed by atoms with van der Waals surface area (Å²) in [5.41, 5.74) is -0.0185. The van der Waals surface area contributed by atoms with Crippen LogP contribution >= 0.6 is 0 Å². The van der Waals surface area contributed by atoms with Gasteiger partial charge in [-0.15, -0.1) is 0 Å². The van der Waals surface area contributed by atoms with Gasteiger partial charge in [0.25, 0.3) is 0 Å². The van der Waals surface area contributed by atoms with Crippen molar-refractivity contribution >= 4 is 23.2 Å². The van der Waals surface area contributed by atoms with Crippen LogP contribution < -0.4 is 4.90 Å². The maximum Gasteiger partial charge on any atom is 0.419 e. The number of amides is 2. The second kappa shape index (κ2) is 8.44. The van der Waals surface area contributed by atoms with E-state index in [-0.39, 0.29) is 17.9 Å². The van der Waals surface area contributed by atoms with Crippen LogP contribution in [-0.4, -0.2) is 36.1 Å². The van der Waals surface area contributed by atoms with E-state index in [1.807, 2.05) is 0 Å². The number of likely N-dealkylation sites (N-methyl/N-ethyl adjacent to an activating group) is 1. The lowest BCUT2D eigenvalue weighted by molar-refractivity contribution is -0.140. The van der Waals surface area contributed by atoms with Gasteiger partial charge in [-0.25, -0.2) is 13.8 Å². The number of hydrazone groups is 1. The van der Waals surface area contributed by atoms with Gasteiger partial charge < -0.3 is 4.90 Å². The van der Waals surface area contributed by atoms with Gasteiger partial charge in [-0.1, -0.05) is 6.07 Å². The van der Waals surface area contributed by atoms with Crippen LogP contribution in [0, 0.1) is 18.6 Å². The summed E-state index contributed by atoms with van der Waals surface area (Å²) in [5.74, 6) is -2.98. The zero-order valence-electron chi connectivity index (χ0n) is 16.6. The molecule has 31 heavy (non-hydrogen) atoms. The molecule has 0 aliphatic carbocycles. The van der Waals surface area contributed by atoms with Crippen LogP contribution in [0.25, 0.3) is 0 Å². The molecule has 0 unspecified atom stereocenters. The third-order valence-electron chi connectivity index (χ3n) is 4.90. The van der Waals surface area contributed by atoms with Crippen LogP contribution in [0.2, 0.25) is 0 Å². The fraction of sp³-hybridized carbons (Fsp3) is 0.286. The number of nitrogens with zero attached hydrogens (tertiary/aromatic N) is 3. The van der Waals surface area contributed by atoms with Crippen molar-refractivity contribution in [2.75, 3.05) is 18.5 Å². The van der Waals surface area contributed by atoms with Crippen molar-refractivity contribution in [1.29, 1.82) is 0 Å². The van der Waals surface area contributed by atoms with Crippen LogP contribution in [0.4, 0.5) is 27.6 Å². The third-order valence-corrected chi connectivity index (χ3v) is 4.90. The number of rotatable bonds is 4. The molecule has 5 nitrogen and oxygen atoms in total. The van der Waals surface area contributed by atoms with E-state index >= 15 is 0 Å². The molecule has 0 N–H and O–H groups in total. The van der Waals surface area contributed by atoms with Crippen molar-refractivity contribution in [2.45, 2.75) is 25.9 Å². The first-order valence-electron chi connectivity index (χ1n) is 9.25. The maximum atomic E-state index is 13.8. The summed E-state index contributed by atoms with van der Waals surface area (Å²) in [6.45, 7) is 1.11. The molecular formula is C21H18F5N3O2. The van der Waals surface area contributed by atoms with Gasteiger partial charge >= 0.3 is 6.18 Å². The number of benzene rings is 2. The molecule has 1 heterocycles. The van der Waals surface area contributed by atoms with Gasteiger partial charge in [-0.2, -0.15) is 18.3 Å². The summed E-state index contributed by atoms with van der Waals surface area (Å²) in [4.78, 5) is 25.7. The van der Waals surface area contributed by atoms with Gasteiger partial charge in [0.1, 0.15) is 18.2 Å². The normalized spacial score (nSPS) is 14.5. The first-order chi connectivity index (χ1) is 14.5. The zero-order chi connectivity index (χ0) is 22.9. The van der Waals surface area contributed by atoms with E-state index < -0.39 is 35.9 Å². The minimum Gasteiger partial charge on any atom is -0.314 e. The Kier molecular flexibility index (Phi) is 6.10. The van der Waals surface area contributed by atoms with Crippen molar-refractivity contribution in [1.82, 2.24) is 5.01 Å². The number of halogens is 5. The van der Waals surface area contributed by atoms with Crippen molar-refractivity contribution < 1.29 is 31.5 Å². The largest absolute Gasteiger partial charge is 0.419 e. The molecular weight excluding hydrogens is 421 g/mol. The summed E-state index contributed by atoms with van der Waals surface area (Å²) in [6.07, 6.45) is -4.45. The highest BCUT2D eigenvalue weighted by Crippen LogP contribution is 2.33. The predicted molar refractivity (Wildman–Crippen MR) is 103 cm³/mol. The second-order valence-corrected chi connectivity index (χ2v) is 7.08. The molecule has 2 amide bonds. The second-order valence-electron chi connectivity index (χ2n) is 7.08. The number of hydrogen-bond acceptors (Lipinski definition) is 3. The summed E-state index contributed by atoms with van der Waals surface area (Å²) in [5, 5.41) is 5.15. The van der Waals surface area contributed by atoms with Crippen LogP contribution in [-0.2, 0) is 15.8 Å². The minimum atomic E-state index is -4.85. The van der Waals surface area contributed by atoms with Crippen molar-refractivity contribution in [3.05, 3.63) is 64.7 Å². The number of anilines is 1. The van der Waals surface area contributed by atoms with Gasteiger partial charge in [0.15, 0.2) is 0 Å². The third kappa shape index (κ3) is 4.89. The quantitative estimate of drug-likeness (QED) is 0.668. The Morgan fingerprint density at radius 3 is 2.42 bits per heavy atom. The Labute approximate surface area is 174 Å². The molecule has 1 aliphatic rings. The molecule has 0 spiro atoms. The van der Waals surface area contributed by atoms with Crippen molar-refractivity contribution in [2.24, 2.45) is 5.10 Å². The standard InChI is InChI=1S/C21H18F5N3O2/c1-12-9-13(3-6-16(12)22)18-7-8-19(30)29(27-18)11-20(31)28(2)14-4-5-15(17(23)10-14)21(24,25)26/h3-6,9-10H,7-8,11H2,1-2H3. The fourth-order valence-electron chi connectivity index (χ4n) is 3.08. The van der Waals surface area contributed by atoms with E-state index in [2.05, 4.69) is 5.10 Å². The van der Waals surface area contributed by atoms with Crippen LogP contribution in [0.15, 0.2) is 41.5 Å². The molecule has 0 bridgehead atoms. The highest BCUT2D eigenvalue weighted by Gasteiger charge is 2.34. The summed E-state index contributed by atoms with van der Waals surface area (Å²) >= 11 is 0. The molecule has 3 rings (SSSR count). The first kappa shape index (κ1) is 22.4. The van der Waals surface area contributed by atoms with E-state index in [1.165, 1.54) is 19.2 Å². The molecule has 0 atom stereocenters. The van der Waals surface area contributed by atoms with Crippen LogP contribution in [0.5, 0.6) is 0 Å². The van der Waals surface area contributed by atoms with Crippen molar-refractivity contribution in [3.8, 4) is 0 Å². The topological polar surface area (TPSA) is 53.0 Å². The van der Waals surface area contributed by atoms with Gasteiger partial charge in [0, 0.05) is 25.6 Å². The van der Waals surface area contributed by atoms with Gasteiger partial charge in [0.05, 0.1) is 11.3 Å². The Morgan fingerprint density at radius 1 is 1.10 bits per heavy atom. The Bertz CT molecular complexity index is 1070. The molecule has 0 fully saturated rings. The maximum absolute atomic E-state index is 13.8. The van der Waals surface area contributed by atoms with Gasteiger partial charge in [0.2, 0.25) is 11.8 Å². The highest BCUT2D eigenvalue weighted by molar-refractivity contribution is 6.05. The lowest BCUT2D eigenvalue weighted by Gasteiger charge is -2.26. The van der Waals surface area contributed by atoms with Crippen LogP contribution in [0.1, 0.15) is 29.5 Å². The van der Waals surface area contributed by atoms with E-state index in [4.69, 9.17) is 0 Å². The van der Waals surface area contributed by atoms with E-state index in [9.17, 15) is 31.5 Å². The Hall–Kier alpha value is -3.30. The van der Waals surface area contributed by atoms with Crippen molar-refractivity contribution in [3.63, 3.8) is 0 Å². The predicted octanol–water partition coefficient (Wildman–Crippen LogP) is 4.28. The number of alkyl halides is 3. The fourth-order valence-corrected chi connectivity index (χ4v) is 3.08. The lowest BCUT2D eigenvalue weighted by Crippen LogP contribution is -2.41. The molecule has 0 saturated carbocycles. The highest BCUT2D eigenvalue weighted by atomic mass is 19.4. The number of hydrogen-bond donors (Lipinski definition) is 0. The lowest BCUT2D eigenvalue weighted by atomic mass is 10.0. The summed E-state index contributed by atoms with van der Waals surface area (Å²) < 4.78 is 65.5. The number of aryl methyl sites for hydroxylation is 1. The smallest absolute Gasteiger partial charge is 0.314 e. The monoisotopic (exact) mass is 439 g/mol. The molecule has 0 saturated heterocycles. The molecule has 1 aliphatic heterocycles. The van der Waals surface area contributed by atoms with E-state index in [0.717, 1.165) is 16.0 Å². The van der Waals surface area contributed by atoms with E-state index in [0.29, 0.717) is 35.4 Å². The first-order valence-corrected chi connectivity index (χ1v) is 9.25. The average Bonchev–Trinajstić information content (AvgIpc) is 2.70. The minimum absolute atomic E-state index is 0.0845. The molecule has 2 aromatic carbocycles. The molecule has 2 aromatic rings. The summed E-state index contributed by atoms with van der Waals surface area (Å²) in [6, 6.07) is 6.52. The van der Waals surface area contributed by atoms with Crippen LogP contribution in [0.3, 0.4) is 0 Å². The van der Waals surface area contributed by atoms with E-state index in [1.54, 1.807) is 13.0 Å². The Morgan fingerprint density at radius 2 is 1.81 bits per heavy atom. The molecule has 0 radical (unpaired) electrons. The molecule has 10 heteroatoms. The zero-order valence-corrected chi connectivity index (χ0v) is 16.6. The summed E-state index contributed by atoms with van der Waals surface area (Å²) in [7, 11) is 1.26. The molecule has 0 aromatic heterocycles. The average molecular weight is 439 g/mol. The Balaban J connectivity index is 1.78. The van der Waals surface area contributed by atoms with Gasteiger partial charge in [-0.3, -0.25) is 9.59 Å². The number of carbonyl (C=O) groups excluding carboxylic acids is 2. The SMILES string of the molecule is Cc1cc(C2=NN(CC(=O)N(C)c3ccc(C(F)(F)F)c(F)c3)C(=O)CC2)ccc1F. The molecule has 164 valence electrons.